The number of nitrogens with zero attached hydrogens (tertiary/aromatic N) is 1. The molecule has 2 N–H and O–H groups in total. The average molecular weight is 367 g/mol. The van der Waals surface area contributed by atoms with Gasteiger partial charge in [0.15, 0.2) is 0 Å². The molecule has 2 aromatic carbocycles. The van der Waals surface area contributed by atoms with Crippen molar-refractivity contribution in [2.75, 3.05) is 25.1 Å². The molecule has 0 unspecified atom stereocenters. The Labute approximate surface area is 159 Å². The summed E-state index contributed by atoms with van der Waals surface area (Å²) >= 11 is 0. The molecule has 1 atom stereocenters. The molecule has 1 aliphatic rings. The largest absolute Gasteiger partial charge is 0.497 e. The van der Waals surface area contributed by atoms with Gasteiger partial charge in [0.05, 0.1) is 13.2 Å². The second kappa shape index (κ2) is 9.07. The van der Waals surface area contributed by atoms with E-state index < -0.39 is 0 Å². The van der Waals surface area contributed by atoms with Gasteiger partial charge in [-0.3, -0.25) is 4.79 Å². The van der Waals surface area contributed by atoms with Gasteiger partial charge in [0.1, 0.15) is 5.75 Å². The van der Waals surface area contributed by atoms with Crippen LogP contribution in [-0.2, 0) is 11.2 Å². The molecule has 3 amide bonds. The lowest BCUT2D eigenvalue weighted by Crippen LogP contribution is -2.43. The molecule has 1 saturated heterocycles. The number of rotatable bonds is 7. The van der Waals surface area contributed by atoms with Gasteiger partial charge in [-0.1, -0.05) is 30.3 Å². The van der Waals surface area contributed by atoms with Crippen LogP contribution in [0.4, 0.5) is 10.5 Å². The third kappa shape index (κ3) is 5.23. The molecule has 6 heteroatoms. The van der Waals surface area contributed by atoms with E-state index in [1.807, 2.05) is 42.5 Å². The van der Waals surface area contributed by atoms with Crippen LogP contribution >= 0.6 is 0 Å². The van der Waals surface area contributed by atoms with Gasteiger partial charge in [-0.2, -0.15) is 0 Å². The van der Waals surface area contributed by atoms with Crippen LogP contribution in [0.2, 0.25) is 0 Å². The third-order valence-electron chi connectivity index (χ3n) is 4.61. The number of benzene rings is 2. The van der Waals surface area contributed by atoms with Crippen LogP contribution in [0.3, 0.4) is 0 Å². The molecule has 0 saturated carbocycles. The number of urea groups is 1. The van der Waals surface area contributed by atoms with E-state index in [2.05, 4.69) is 22.8 Å². The highest BCUT2D eigenvalue weighted by atomic mass is 16.5. The Morgan fingerprint density at radius 3 is 2.59 bits per heavy atom. The third-order valence-corrected chi connectivity index (χ3v) is 4.61. The highest BCUT2D eigenvalue weighted by molar-refractivity contribution is 5.96. The molecule has 0 spiro atoms. The van der Waals surface area contributed by atoms with E-state index in [1.54, 1.807) is 12.0 Å². The molecule has 1 aliphatic heterocycles. The summed E-state index contributed by atoms with van der Waals surface area (Å²) in [4.78, 5) is 26.0. The fourth-order valence-corrected chi connectivity index (χ4v) is 3.19. The SMILES string of the molecule is COc1ccc(N2C[C@H](NC(=O)NCCCc3ccccc3)CC2=O)cc1. The Hall–Kier alpha value is -3.02. The van der Waals surface area contributed by atoms with Crippen LogP contribution < -0.4 is 20.3 Å². The second-order valence-corrected chi connectivity index (χ2v) is 6.59. The molecule has 0 aromatic heterocycles. The quantitative estimate of drug-likeness (QED) is 0.739. The number of methoxy groups -OCH3 is 1. The number of anilines is 1. The molecule has 6 nitrogen and oxygen atoms in total. The summed E-state index contributed by atoms with van der Waals surface area (Å²) in [6.07, 6.45) is 2.11. The Morgan fingerprint density at radius 1 is 1.15 bits per heavy atom. The fraction of sp³-hybridized carbons (Fsp3) is 0.333. The predicted molar refractivity (Wildman–Crippen MR) is 105 cm³/mol. The molecule has 142 valence electrons. The standard InChI is InChI=1S/C21H25N3O3/c1-27-19-11-9-18(10-12-19)24-15-17(14-20(24)25)23-21(26)22-13-5-8-16-6-3-2-4-7-16/h2-4,6-7,9-12,17H,5,8,13-15H2,1H3,(H2,22,23,26)/t17-/m1/s1. The van der Waals surface area contributed by atoms with Gasteiger partial charge in [-0.05, 0) is 42.7 Å². The summed E-state index contributed by atoms with van der Waals surface area (Å²) in [5, 5.41) is 5.76. The molecular formula is C21H25N3O3. The summed E-state index contributed by atoms with van der Waals surface area (Å²) in [5.41, 5.74) is 2.07. The first-order chi connectivity index (χ1) is 13.2. The maximum atomic E-state index is 12.3. The minimum atomic E-state index is -0.225. The normalized spacial score (nSPS) is 16.3. The van der Waals surface area contributed by atoms with E-state index >= 15 is 0 Å². The molecule has 27 heavy (non-hydrogen) atoms. The van der Waals surface area contributed by atoms with E-state index in [9.17, 15) is 9.59 Å². The van der Waals surface area contributed by atoms with Gasteiger partial charge >= 0.3 is 6.03 Å². The summed E-state index contributed by atoms with van der Waals surface area (Å²) in [5.74, 6) is 0.754. The summed E-state index contributed by atoms with van der Waals surface area (Å²) in [6.45, 7) is 1.08. The molecule has 3 rings (SSSR count). The van der Waals surface area contributed by atoms with Crippen LogP contribution in [0.1, 0.15) is 18.4 Å². The lowest BCUT2D eigenvalue weighted by Gasteiger charge is -2.17. The van der Waals surface area contributed by atoms with Crippen LogP contribution in [0, 0.1) is 0 Å². The number of carbonyl (C=O) groups excluding carboxylic acids is 2. The van der Waals surface area contributed by atoms with Crippen molar-refractivity contribution < 1.29 is 14.3 Å². The van der Waals surface area contributed by atoms with Crippen LogP contribution in [0.15, 0.2) is 54.6 Å². The zero-order valence-electron chi connectivity index (χ0n) is 15.5. The average Bonchev–Trinajstić information content (AvgIpc) is 3.06. The van der Waals surface area contributed by atoms with E-state index in [1.165, 1.54) is 5.56 Å². The van der Waals surface area contributed by atoms with E-state index in [-0.39, 0.29) is 18.0 Å². The summed E-state index contributed by atoms with van der Waals surface area (Å²) in [6, 6.07) is 17.1. The number of carbonyl (C=O) groups is 2. The van der Waals surface area contributed by atoms with Crippen molar-refractivity contribution in [3.8, 4) is 5.75 Å². The minimum Gasteiger partial charge on any atom is -0.497 e. The Bertz CT molecular complexity index is 762. The number of aryl methyl sites for hydroxylation is 1. The van der Waals surface area contributed by atoms with Crippen molar-refractivity contribution in [3.63, 3.8) is 0 Å². The number of amides is 3. The Morgan fingerprint density at radius 2 is 1.89 bits per heavy atom. The lowest BCUT2D eigenvalue weighted by molar-refractivity contribution is -0.117. The van der Waals surface area contributed by atoms with Gasteiger partial charge in [-0.15, -0.1) is 0 Å². The van der Waals surface area contributed by atoms with Crippen LogP contribution in [0.25, 0.3) is 0 Å². The van der Waals surface area contributed by atoms with Crippen molar-refractivity contribution >= 4 is 17.6 Å². The summed E-state index contributed by atoms with van der Waals surface area (Å²) in [7, 11) is 1.61. The van der Waals surface area contributed by atoms with Crippen molar-refractivity contribution in [1.29, 1.82) is 0 Å². The monoisotopic (exact) mass is 367 g/mol. The van der Waals surface area contributed by atoms with E-state index in [0.29, 0.717) is 19.5 Å². The molecule has 0 radical (unpaired) electrons. The molecule has 2 aromatic rings. The van der Waals surface area contributed by atoms with Gasteiger partial charge in [0, 0.05) is 25.2 Å². The fourth-order valence-electron chi connectivity index (χ4n) is 3.19. The maximum absolute atomic E-state index is 12.3. The molecule has 0 bridgehead atoms. The first kappa shape index (κ1) is 18.8. The second-order valence-electron chi connectivity index (χ2n) is 6.59. The van der Waals surface area contributed by atoms with E-state index in [4.69, 9.17) is 4.74 Å². The number of nitrogens with one attached hydrogen (secondary N) is 2. The minimum absolute atomic E-state index is 0.00884. The number of hydrogen-bond donors (Lipinski definition) is 2. The topological polar surface area (TPSA) is 70.7 Å². The number of ether oxygens (including phenoxy) is 1. The molecular weight excluding hydrogens is 342 g/mol. The Balaban J connectivity index is 1.41. The van der Waals surface area contributed by atoms with Crippen molar-refractivity contribution in [1.82, 2.24) is 10.6 Å². The van der Waals surface area contributed by atoms with Gasteiger partial charge in [0.25, 0.3) is 0 Å². The molecule has 1 heterocycles. The first-order valence-corrected chi connectivity index (χ1v) is 9.18. The van der Waals surface area contributed by atoms with E-state index in [0.717, 1.165) is 24.3 Å². The molecule has 1 fully saturated rings. The van der Waals surface area contributed by atoms with Crippen molar-refractivity contribution in [3.05, 3.63) is 60.2 Å². The summed E-state index contributed by atoms with van der Waals surface area (Å²) < 4.78 is 5.14. The van der Waals surface area contributed by atoms with Gasteiger partial charge < -0.3 is 20.3 Å². The zero-order valence-corrected chi connectivity index (χ0v) is 15.5. The van der Waals surface area contributed by atoms with Crippen molar-refractivity contribution in [2.45, 2.75) is 25.3 Å². The zero-order chi connectivity index (χ0) is 19.1. The highest BCUT2D eigenvalue weighted by Gasteiger charge is 2.31. The predicted octanol–water partition coefficient (Wildman–Crippen LogP) is 2.73. The smallest absolute Gasteiger partial charge is 0.315 e. The first-order valence-electron chi connectivity index (χ1n) is 9.18. The van der Waals surface area contributed by atoms with Crippen molar-refractivity contribution in [2.24, 2.45) is 0 Å². The lowest BCUT2D eigenvalue weighted by atomic mass is 10.1. The molecule has 0 aliphatic carbocycles. The van der Waals surface area contributed by atoms with Crippen LogP contribution in [-0.4, -0.2) is 38.2 Å². The van der Waals surface area contributed by atoms with Gasteiger partial charge in [0.2, 0.25) is 5.91 Å². The van der Waals surface area contributed by atoms with Gasteiger partial charge in [-0.25, -0.2) is 4.79 Å². The van der Waals surface area contributed by atoms with Crippen LogP contribution in [0.5, 0.6) is 5.75 Å². The maximum Gasteiger partial charge on any atom is 0.315 e. The highest BCUT2D eigenvalue weighted by Crippen LogP contribution is 2.24. The Kier molecular flexibility index (Phi) is 6.30. The number of hydrogen-bond acceptors (Lipinski definition) is 3.